The summed E-state index contributed by atoms with van der Waals surface area (Å²) < 4.78 is 36.8. The van der Waals surface area contributed by atoms with Gasteiger partial charge in [-0.3, -0.25) is 4.99 Å². The van der Waals surface area contributed by atoms with Crippen LogP contribution in [0.3, 0.4) is 0 Å². The van der Waals surface area contributed by atoms with Crippen LogP contribution in [0.25, 0.3) is 0 Å². The maximum atomic E-state index is 12.3. The molecule has 0 aliphatic carbocycles. The number of hydrogen-bond acceptors (Lipinski definition) is 3. The lowest BCUT2D eigenvalue weighted by Gasteiger charge is -2.26. The molecule has 0 atom stereocenters. The largest absolute Gasteiger partial charge is 0.389 e. The number of rotatable bonds is 11. The normalized spacial score (nSPS) is 12.4. The topological polar surface area (TPSA) is 15.6 Å². The maximum absolute atomic E-state index is 12.3. The number of nitrogens with zero attached hydrogens (tertiary/aromatic N) is 2. The summed E-state index contributed by atoms with van der Waals surface area (Å²) in [5, 5.41) is 0. The average Bonchev–Trinajstić information content (AvgIpc) is 2.75. The molecule has 1 aromatic carbocycles. The molecule has 31 heavy (non-hydrogen) atoms. The Bertz CT molecular complexity index is 829. The lowest BCUT2D eigenvalue weighted by Crippen LogP contribution is -2.25. The van der Waals surface area contributed by atoms with Gasteiger partial charge in [-0.2, -0.15) is 24.9 Å². The lowest BCUT2D eigenvalue weighted by atomic mass is 10.0. The van der Waals surface area contributed by atoms with Crippen molar-refractivity contribution in [2.75, 3.05) is 29.5 Å². The van der Waals surface area contributed by atoms with Gasteiger partial charge in [0.25, 0.3) is 0 Å². The van der Waals surface area contributed by atoms with Crippen LogP contribution in [0.1, 0.15) is 51.7 Å². The second-order valence-corrected chi connectivity index (χ2v) is 8.27. The molecule has 170 valence electrons. The third-order valence-corrected chi connectivity index (χ3v) is 5.78. The van der Waals surface area contributed by atoms with Gasteiger partial charge >= 0.3 is 6.18 Å². The number of anilines is 1. The first-order valence-electron chi connectivity index (χ1n) is 10.6. The van der Waals surface area contributed by atoms with Crippen LogP contribution >= 0.6 is 11.8 Å². The van der Waals surface area contributed by atoms with E-state index in [1.807, 2.05) is 32.1 Å². The second-order valence-electron chi connectivity index (χ2n) is 7.05. The van der Waals surface area contributed by atoms with Gasteiger partial charge in [0.05, 0.1) is 6.42 Å². The van der Waals surface area contributed by atoms with E-state index in [4.69, 9.17) is 0 Å². The number of hydrogen-bond donors (Lipinski definition) is 0. The number of aliphatic imine (C=N–C) groups is 1. The fourth-order valence-electron chi connectivity index (χ4n) is 2.94. The molecule has 1 rings (SSSR count). The van der Waals surface area contributed by atoms with Crippen molar-refractivity contribution in [1.29, 1.82) is 0 Å². The van der Waals surface area contributed by atoms with Crippen molar-refractivity contribution in [3.8, 4) is 11.8 Å². The van der Waals surface area contributed by atoms with Crippen molar-refractivity contribution in [2.45, 2.75) is 53.1 Å². The summed E-state index contributed by atoms with van der Waals surface area (Å²) in [7, 11) is 0. The van der Waals surface area contributed by atoms with E-state index in [1.54, 1.807) is 0 Å². The van der Waals surface area contributed by atoms with Gasteiger partial charge in [0.1, 0.15) is 0 Å². The highest BCUT2D eigenvalue weighted by molar-refractivity contribution is 7.99. The summed E-state index contributed by atoms with van der Waals surface area (Å²) in [6.07, 6.45) is 0.808. The number of benzene rings is 1. The number of allylic oxidation sites excluding steroid dienone is 4. The molecule has 0 heterocycles. The van der Waals surface area contributed by atoms with Crippen LogP contribution in [0.5, 0.6) is 0 Å². The minimum atomic E-state index is -4.07. The zero-order valence-corrected chi connectivity index (χ0v) is 19.8. The third kappa shape index (κ3) is 10.6. The highest BCUT2D eigenvalue weighted by Crippen LogP contribution is 2.25. The van der Waals surface area contributed by atoms with Gasteiger partial charge in [0.15, 0.2) is 0 Å². The van der Waals surface area contributed by atoms with Crippen molar-refractivity contribution in [3.63, 3.8) is 0 Å². The van der Waals surface area contributed by atoms with Crippen LogP contribution in [-0.4, -0.2) is 37.5 Å². The first-order chi connectivity index (χ1) is 14.7. The molecule has 0 N–H and O–H groups in total. The second kappa shape index (κ2) is 14.0. The maximum Gasteiger partial charge on any atom is 0.389 e. The molecule has 0 bridgehead atoms. The van der Waals surface area contributed by atoms with Crippen molar-refractivity contribution < 1.29 is 13.2 Å². The van der Waals surface area contributed by atoms with Gasteiger partial charge in [0.2, 0.25) is 0 Å². The molecule has 0 amide bonds. The number of aryl methyl sites for hydroxylation is 1. The minimum Gasteiger partial charge on any atom is -0.372 e. The fraction of sp³-hybridized carbons (Fsp3) is 0.480. The fourth-order valence-corrected chi connectivity index (χ4v) is 3.85. The monoisotopic (exact) mass is 450 g/mol. The minimum absolute atomic E-state index is 0.128. The van der Waals surface area contributed by atoms with Gasteiger partial charge in [-0.1, -0.05) is 30.9 Å². The van der Waals surface area contributed by atoms with Gasteiger partial charge in [-0.05, 0) is 69.9 Å². The highest BCUT2D eigenvalue weighted by Gasteiger charge is 2.26. The first-order valence-corrected chi connectivity index (χ1v) is 11.7. The molecule has 0 unspecified atom stereocenters. The molecule has 0 fully saturated rings. The van der Waals surface area contributed by atoms with Crippen LogP contribution in [-0.2, 0) is 6.42 Å². The Morgan fingerprint density at radius 1 is 1.26 bits per heavy atom. The standard InChI is InChI=1S/C25H33F3N2S/c1-6-21(18-20(4)29-5)10-11-22-12-13-23(7-2)24(19-22)30(8-3)15-9-16-31-17-14-25(26,27)28/h6,12-13,18-19H,5,7-9,14-17H2,1-4H3/b20-18-,21-6-. The van der Waals surface area contributed by atoms with E-state index in [0.29, 0.717) is 0 Å². The Morgan fingerprint density at radius 3 is 2.58 bits per heavy atom. The molecule has 6 heteroatoms. The van der Waals surface area contributed by atoms with Crippen LogP contribution < -0.4 is 4.90 Å². The number of alkyl halides is 3. The predicted molar refractivity (Wildman–Crippen MR) is 130 cm³/mol. The summed E-state index contributed by atoms with van der Waals surface area (Å²) in [5.74, 6) is 7.27. The SMILES string of the molecule is C=N/C(C)=C\C(C#Cc1ccc(CC)c(N(CC)CCCSCCC(F)(F)F)c1)=C/C. The van der Waals surface area contributed by atoms with Crippen LogP contribution in [0.4, 0.5) is 18.9 Å². The van der Waals surface area contributed by atoms with Crippen molar-refractivity contribution in [3.05, 3.63) is 52.7 Å². The smallest absolute Gasteiger partial charge is 0.372 e. The van der Waals surface area contributed by atoms with Crippen molar-refractivity contribution >= 4 is 24.2 Å². The zero-order valence-electron chi connectivity index (χ0n) is 19.0. The van der Waals surface area contributed by atoms with Crippen LogP contribution in [0, 0.1) is 11.8 Å². The van der Waals surface area contributed by atoms with Gasteiger partial charge < -0.3 is 4.90 Å². The molecular formula is C25H33F3N2S. The summed E-state index contributed by atoms with van der Waals surface area (Å²) in [5.41, 5.74) is 5.03. The summed E-state index contributed by atoms with van der Waals surface area (Å²) in [6.45, 7) is 13.2. The van der Waals surface area contributed by atoms with E-state index in [9.17, 15) is 13.2 Å². The van der Waals surface area contributed by atoms with E-state index in [0.717, 1.165) is 54.2 Å². The first kappa shape index (κ1) is 26.9. The number of thioether (sulfide) groups is 1. The van der Waals surface area contributed by atoms with E-state index < -0.39 is 12.6 Å². The van der Waals surface area contributed by atoms with Gasteiger partial charge in [-0.15, -0.1) is 0 Å². The Balaban J connectivity index is 2.87. The lowest BCUT2D eigenvalue weighted by molar-refractivity contribution is -0.129. The average molecular weight is 451 g/mol. The summed E-state index contributed by atoms with van der Waals surface area (Å²) in [4.78, 5) is 6.19. The molecule has 1 aromatic rings. The van der Waals surface area contributed by atoms with E-state index in [2.05, 4.69) is 54.4 Å². The Labute approximate surface area is 189 Å². The van der Waals surface area contributed by atoms with Crippen LogP contribution in [0.15, 0.2) is 46.6 Å². The van der Waals surface area contributed by atoms with Crippen molar-refractivity contribution in [1.82, 2.24) is 0 Å². The summed E-state index contributed by atoms with van der Waals surface area (Å²) in [6, 6.07) is 6.26. The van der Waals surface area contributed by atoms with E-state index in [-0.39, 0.29) is 5.75 Å². The Morgan fingerprint density at radius 2 is 2.00 bits per heavy atom. The molecule has 0 spiro atoms. The molecule has 0 aromatic heterocycles. The van der Waals surface area contributed by atoms with Crippen LogP contribution in [0.2, 0.25) is 0 Å². The molecule has 0 saturated carbocycles. The molecule has 0 saturated heterocycles. The van der Waals surface area contributed by atoms with Gasteiger partial charge in [-0.25, -0.2) is 0 Å². The third-order valence-electron chi connectivity index (χ3n) is 4.71. The van der Waals surface area contributed by atoms with Crippen molar-refractivity contribution in [2.24, 2.45) is 4.99 Å². The van der Waals surface area contributed by atoms with Gasteiger partial charge in [0, 0.05) is 41.4 Å². The molecule has 2 nitrogen and oxygen atoms in total. The molecular weight excluding hydrogens is 417 g/mol. The predicted octanol–water partition coefficient (Wildman–Crippen LogP) is 7.05. The van der Waals surface area contributed by atoms with E-state index >= 15 is 0 Å². The summed E-state index contributed by atoms with van der Waals surface area (Å²) >= 11 is 1.37. The molecule has 0 aliphatic heterocycles. The molecule has 0 aliphatic rings. The highest BCUT2D eigenvalue weighted by atomic mass is 32.2. The Hall–Kier alpha value is -2.13. The Kier molecular flexibility index (Phi) is 12.2. The molecule has 0 radical (unpaired) electrons. The van der Waals surface area contributed by atoms with E-state index in [1.165, 1.54) is 17.3 Å². The zero-order chi connectivity index (χ0) is 23.3. The quantitative estimate of drug-likeness (QED) is 0.155. The number of halogens is 3.